The monoisotopic (exact) mass is 385 g/mol. The van der Waals surface area contributed by atoms with Gasteiger partial charge in [-0.25, -0.2) is 0 Å². The highest BCUT2D eigenvalue weighted by atomic mass is 32.2. The Morgan fingerprint density at radius 3 is 2.69 bits per heavy atom. The van der Waals surface area contributed by atoms with Gasteiger partial charge < -0.3 is 4.74 Å². The maximum absolute atomic E-state index is 11.9. The number of benzene rings is 2. The Morgan fingerprint density at radius 2 is 1.88 bits per heavy atom. The maximum atomic E-state index is 11.9. The summed E-state index contributed by atoms with van der Waals surface area (Å²) in [6.45, 7) is 2.49. The number of ether oxygens (including phenoxy) is 1. The summed E-state index contributed by atoms with van der Waals surface area (Å²) >= 11 is 2.98. The van der Waals surface area contributed by atoms with Crippen molar-refractivity contribution < 1.29 is 9.53 Å². The molecule has 0 spiro atoms. The molecule has 134 valence electrons. The molecular weight excluding hydrogens is 366 g/mol. The molecule has 0 saturated heterocycles. The molecule has 0 radical (unpaired) electrons. The highest BCUT2D eigenvalue weighted by Gasteiger charge is 2.09. The van der Waals surface area contributed by atoms with Crippen molar-refractivity contribution in [2.45, 2.75) is 23.6 Å². The smallest absolute Gasteiger partial charge is 0.252 e. The fourth-order valence-electron chi connectivity index (χ4n) is 2.22. The minimum Gasteiger partial charge on any atom is -0.367 e. The fraction of sp³-hybridized carbons (Fsp3) is 0.211. The zero-order chi connectivity index (χ0) is 18.2. The predicted octanol–water partition coefficient (Wildman–Crippen LogP) is 4.29. The SMILES string of the molecule is Cc1ccccc1CSc1nnc(NC(=O)COCc2ccccc2)s1. The lowest BCUT2D eigenvalue weighted by Crippen LogP contribution is -2.18. The molecule has 0 unspecified atom stereocenters. The van der Waals surface area contributed by atoms with Crippen LogP contribution in [-0.2, 0) is 21.9 Å². The molecule has 3 rings (SSSR count). The van der Waals surface area contributed by atoms with Gasteiger partial charge in [0.1, 0.15) is 6.61 Å². The zero-order valence-electron chi connectivity index (χ0n) is 14.3. The van der Waals surface area contributed by atoms with E-state index in [-0.39, 0.29) is 12.5 Å². The highest BCUT2D eigenvalue weighted by molar-refractivity contribution is 8.00. The average Bonchev–Trinajstić information content (AvgIpc) is 3.09. The van der Waals surface area contributed by atoms with Crippen molar-refractivity contribution in [3.63, 3.8) is 0 Å². The van der Waals surface area contributed by atoms with E-state index < -0.39 is 0 Å². The van der Waals surface area contributed by atoms with Crippen LogP contribution in [0.4, 0.5) is 5.13 Å². The second-order valence-electron chi connectivity index (χ2n) is 5.61. The number of hydrogen-bond donors (Lipinski definition) is 1. The van der Waals surface area contributed by atoms with Crippen LogP contribution < -0.4 is 5.32 Å². The number of nitrogens with zero attached hydrogens (tertiary/aromatic N) is 2. The van der Waals surface area contributed by atoms with E-state index in [0.717, 1.165) is 15.7 Å². The van der Waals surface area contributed by atoms with Crippen LogP contribution in [0.15, 0.2) is 58.9 Å². The number of carbonyl (C=O) groups is 1. The molecule has 0 atom stereocenters. The topological polar surface area (TPSA) is 64.1 Å². The third-order valence-corrected chi connectivity index (χ3v) is 5.63. The van der Waals surface area contributed by atoms with E-state index in [9.17, 15) is 4.79 Å². The van der Waals surface area contributed by atoms with E-state index in [4.69, 9.17) is 4.74 Å². The van der Waals surface area contributed by atoms with E-state index in [0.29, 0.717) is 11.7 Å². The first-order valence-electron chi connectivity index (χ1n) is 8.13. The quantitative estimate of drug-likeness (QED) is 0.463. The molecule has 0 bridgehead atoms. The first-order valence-corrected chi connectivity index (χ1v) is 9.93. The lowest BCUT2D eigenvalue weighted by Gasteiger charge is -2.04. The van der Waals surface area contributed by atoms with Crippen LogP contribution in [-0.4, -0.2) is 22.7 Å². The highest BCUT2D eigenvalue weighted by Crippen LogP contribution is 2.29. The van der Waals surface area contributed by atoms with Crippen molar-refractivity contribution in [1.82, 2.24) is 10.2 Å². The van der Waals surface area contributed by atoms with Gasteiger partial charge in [-0.15, -0.1) is 10.2 Å². The van der Waals surface area contributed by atoms with Crippen LogP contribution in [0.3, 0.4) is 0 Å². The molecule has 1 N–H and O–H groups in total. The maximum Gasteiger partial charge on any atom is 0.252 e. The summed E-state index contributed by atoms with van der Waals surface area (Å²) in [4.78, 5) is 11.9. The molecule has 7 heteroatoms. The van der Waals surface area contributed by atoms with Crippen LogP contribution in [0.1, 0.15) is 16.7 Å². The molecule has 1 amide bonds. The molecule has 1 aromatic heterocycles. The van der Waals surface area contributed by atoms with E-state index in [1.165, 1.54) is 22.5 Å². The molecule has 0 fully saturated rings. The number of nitrogens with one attached hydrogen (secondary N) is 1. The van der Waals surface area contributed by atoms with Crippen LogP contribution in [0.2, 0.25) is 0 Å². The van der Waals surface area contributed by atoms with Crippen LogP contribution in [0.5, 0.6) is 0 Å². The fourth-order valence-corrected chi connectivity index (χ4v) is 4.07. The molecule has 0 aliphatic carbocycles. The number of amides is 1. The van der Waals surface area contributed by atoms with Gasteiger partial charge in [0.05, 0.1) is 6.61 Å². The first-order chi connectivity index (χ1) is 12.7. The lowest BCUT2D eigenvalue weighted by molar-refractivity contribution is -0.121. The Bertz CT molecular complexity index is 853. The molecule has 0 saturated carbocycles. The van der Waals surface area contributed by atoms with E-state index in [1.807, 2.05) is 42.5 Å². The second-order valence-corrected chi connectivity index (χ2v) is 7.81. The van der Waals surface area contributed by atoms with E-state index in [1.54, 1.807) is 11.8 Å². The van der Waals surface area contributed by atoms with Crippen molar-refractivity contribution in [2.24, 2.45) is 0 Å². The minimum atomic E-state index is -0.229. The van der Waals surface area contributed by atoms with Crippen LogP contribution in [0.25, 0.3) is 0 Å². The Morgan fingerprint density at radius 1 is 1.12 bits per heavy atom. The third-order valence-electron chi connectivity index (χ3n) is 3.61. The summed E-state index contributed by atoms with van der Waals surface area (Å²) in [7, 11) is 0. The van der Waals surface area contributed by atoms with Gasteiger partial charge in [-0.3, -0.25) is 10.1 Å². The van der Waals surface area contributed by atoms with Gasteiger partial charge in [0, 0.05) is 5.75 Å². The first kappa shape index (κ1) is 18.6. The molecule has 26 heavy (non-hydrogen) atoms. The molecule has 0 aliphatic rings. The summed E-state index contributed by atoms with van der Waals surface area (Å²) in [6.07, 6.45) is 0. The van der Waals surface area contributed by atoms with Gasteiger partial charge in [-0.05, 0) is 23.6 Å². The van der Waals surface area contributed by atoms with Gasteiger partial charge >= 0.3 is 0 Å². The third kappa shape index (κ3) is 5.66. The van der Waals surface area contributed by atoms with Crippen molar-refractivity contribution in [2.75, 3.05) is 11.9 Å². The van der Waals surface area contributed by atoms with Crippen LogP contribution >= 0.6 is 23.1 Å². The summed E-state index contributed by atoms with van der Waals surface area (Å²) < 4.78 is 6.25. The van der Waals surface area contributed by atoms with E-state index >= 15 is 0 Å². The number of aryl methyl sites for hydroxylation is 1. The predicted molar refractivity (Wildman–Crippen MR) is 105 cm³/mol. The van der Waals surface area contributed by atoms with E-state index in [2.05, 4.69) is 34.6 Å². The molecule has 0 aliphatic heterocycles. The Hall–Kier alpha value is -2.22. The number of anilines is 1. The molecular formula is C19H19N3O2S2. The number of carbonyl (C=O) groups excluding carboxylic acids is 1. The number of aromatic nitrogens is 2. The van der Waals surface area contributed by atoms with Crippen molar-refractivity contribution >= 4 is 34.1 Å². The zero-order valence-corrected chi connectivity index (χ0v) is 16.0. The van der Waals surface area contributed by atoms with Crippen molar-refractivity contribution in [1.29, 1.82) is 0 Å². The van der Waals surface area contributed by atoms with Crippen molar-refractivity contribution in [3.05, 3.63) is 71.3 Å². The minimum absolute atomic E-state index is 0.0137. The normalized spacial score (nSPS) is 10.7. The number of thioether (sulfide) groups is 1. The largest absolute Gasteiger partial charge is 0.367 e. The van der Waals surface area contributed by atoms with Crippen molar-refractivity contribution in [3.8, 4) is 0 Å². The Balaban J connectivity index is 1.43. The van der Waals surface area contributed by atoms with Crippen LogP contribution in [0, 0.1) is 6.92 Å². The number of hydrogen-bond acceptors (Lipinski definition) is 6. The lowest BCUT2D eigenvalue weighted by atomic mass is 10.1. The standard InChI is InChI=1S/C19H19N3O2S2/c1-14-7-5-6-10-16(14)13-25-19-22-21-18(26-19)20-17(23)12-24-11-15-8-3-2-4-9-15/h2-10H,11-13H2,1H3,(H,20,21,23). The molecule has 2 aromatic carbocycles. The van der Waals surface area contributed by atoms with Gasteiger partial charge in [-0.1, -0.05) is 77.7 Å². The Labute approximate surface area is 160 Å². The summed E-state index contributed by atoms with van der Waals surface area (Å²) in [6, 6.07) is 18.0. The Kier molecular flexibility index (Phi) is 6.76. The summed E-state index contributed by atoms with van der Waals surface area (Å²) in [5.74, 6) is 0.600. The molecule has 3 aromatic rings. The van der Waals surface area contributed by atoms with Gasteiger partial charge in [0.15, 0.2) is 4.34 Å². The summed E-state index contributed by atoms with van der Waals surface area (Å²) in [5.41, 5.74) is 3.56. The number of rotatable bonds is 8. The molecule has 1 heterocycles. The van der Waals surface area contributed by atoms with Gasteiger partial charge in [-0.2, -0.15) is 0 Å². The molecule has 5 nitrogen and oxygen atoms in total. The average molecular weight is 386 g/mol. The van der Waals surface area contributed by atoms with Gasteiger partial charge in [0.25, 0.3) is 5.91 Å². The van der Waals surface area contributed by atoms with Gasteiger partial charge in [0.2, 0.25) is 5.13 Å². The second kappa shape index (κ2) is 9.47. The summed E-state index contributed by atoms with van der Waals surface area (Å²) in [5, 5.41) is 11.4.